The van der Waals surface area contributed by atoms with Crippen LogP contribution in [-0.4, -0.2) is 31.0 Å². The van der Waals surface area contributed by atoms with Gasteiger partial charge in [-0.2, -0.15) is 0 Å². The maximum Gasteiger partial charge on any atom is 0.308 e. The van der Waals surface area contributed by atoms with Crippen LogP contribution in [-0.2, 0) is 14.3 Å². The van der Waals surface area contributed by atoms with Crippen molar-refractivity contribution in [1.82, 2.24) is 5.32 Å². The second-order valence-corrected chi connectivity index (χ2v) is 11.3. The standard InChI is InChI=1S/C28H35NO5S/c1-17(30)34-20-11-12-24-21(15-20)22(16-35-24)27(32)29-26-18(13-19-14-23(26)28(19,2)3)9-7-5-6-8-10-25(31)33-4/h5,7,11-12,15-16,18-19,23,26H,6,8-10,13-14H2,1-4H3,(H,29,32). The molecule has 2 bridgehead atoms. The molecule has 35 heavy (non-hydrogen) atoms. The number of carbonyl (C=O) groups excluding carboxylic acids is 3. The lowest BCUT2D eigenvalue weighted by Crippen LogP contribution is -2.63. The Hall–Kier alpha value is -2.67. The van der Waals surface area contributed by atoms with E-state index < -0.39 is 0 Å². The zero-order valence-electron chi connectivity index (χ0n) is 21.0. The highest BCUT2D eigenvalue weighted by Gasteiger charge is 2.57. The van der Waals surface area contributed by atoms with Crippen molar-refractivity contribution in [3.8, 4) is 5.75 Å². The lowest BCUT2D eigenvalue weighted by Gasteiger charge is -2.62. The van der Waals surface area contributed by atoms with Gasteiger partial charge in [0.15, 0.2) is 0 Å². The van der Waals surface area contributed by atoms with E-state index in [-0.39, 0.29) is 29.3 Å². The summed E-state index contributed by atoms with van der Waals surface area (Å²) in [6.07, 6.45) is 9.64. The molecule has 0 aliphatic heterocycles. The van der Waals surface area contributed by atoms with Crippen molar-refractivity contribution in [3.05, 3.63) is 41.3 Å². The number of hydrogen-bond acceptors (Lipinski definition) is 6. The fraction of sp³-hybridized carbons (Fsp3) is 0.536. The summed E-state index contributed by atoms with van der Waals surface area (Å²) in [5, 5.41) is 6.12. The fourth-order valence-corrected chi connectivity index (χ4v) is 6.79. The molecule has 0 saturated heterocycles. The maximum atomic E-state index is 13.5. The third-order valence-corrected chi connectivity index (χ3v) is 8.97. The quantitative estimate of drug-likeness (QED) is 0.202. The number of allylic oxidation sites excluding steroid dienone is 2. The van der Waals surface area contributed by atoms with Gasteiger partial charge in [-0.1, -0.05) is 26.0 Å². The maximum absolute atomic E-state index is 13.5. The Balaban J connectivity index is 1.45. The molecule has 0 spiro atoms. The lowest BCUT2D eigenvalue weighted by atomic mass is 9.44. The van der Waals surface area contributed by atoms with Crippen LogP contribution in [0.25, 0.3) is 10.1 Å². The smallest absolute Gasteiger partial charge is 0.308 e. The van der Waals surface area contributed by atoms with Gasteiger partial charge in [-0.05, 0) is 73.5 Å². The van der Waals surface area contributed by atoms with E-state index in [4.69, 9.17) is 9.47 Å². The van der Waals surface area contributed by atoms with E-state index in [0.717, 1.165) is 42.2 Å². The van der Waals surface area contributed by atoms with Crippen LogP contribution in [0.3, 0.4) is 0 Å². The summed E-state index contributed by atoms with van der Waals surface area (Å²) < 4.78 is 10.9. The predicted octanol–water partition coefficient (Wildman–Crippen LogP) is 5.90. The molecule has 3 aliphatic carbocycles. The number of benzene rings is 1. The van der Waals surface area contributed by atoms with Gasteiger partial charge in [-0.25, -0.2) is 0 Å². The molecule has 3 aliphatic rings. The number of carbonyl (C=O) groups is 3. The van der Waals surface area contributed by atoms with Crippen LogP contribution < -0.4 is 10.1 Å². The molecular formula is C28H35NO5S. The largest absolute Gasteiger partial charge is 0.469 e. The van der Waals surface area contributed by atoms with Crippen molar-refractivity contribution >= 4 is 39.3 Å². The van der Waals surface area contributed by atoms with Gasteiger partial charge in [0.1, 0.15) is 5.75 Å². The zero-order valence-corrected chi connectivity index (χ0v) is 21.8. The molecule has 3 fully saturated rings. The SMILES string of the molecule is COC(=O)CCCC=CCC1CC2CC(C1NC(=O)c1csc3ccc(OC(C)=O)cc13)C2(C)C. The van der Waals surface area contributed by atoms with Gasteiger partial charge in [0, 0.05) is 34.9 Å². The van der Waals surface area contributed by atoms with E-state index in [1.54, 1.807) is 12.1 Å². The molecule has 1 aromatic heterocycles. The Morgan fingerprint density at radius 3 is 2.71 bits per heavy atom. The Bertz CT molecular complexity index is 1130. The monoisotopic (exact) mass is 497 g/mol. The number of rotatable bonds is 9. The molecule has 0 radical (unpaired) electrons. The van der Waals surface area contributed by atoms with E-state index in [1.165, 1.54) is 25.4 Å². The Labute approximate surface area is 211 Å². The van der Waals surface area contributed by atoms with Crippen molar-refractivity contribution in [2.75, 3.05) is 7.11 Å². The average molecular weight is 498 g/mol. The first-order chi connectivity index (χ1) is 16.7. The van der Waals surface area contributed by atoms with E-state index in [2.05, 4.69) is 31.3 Å². The second-order valence-electron chi connectivity index (χ2n) is 10.4. The van der Waals surface area contributed by atoms with E-state index in [1.807, 2.05) is 11.4 Å². The van der Waals surface area contributed by atoms with Crippen LogP contribution in [0, 0.1) is 23.2 Å². The van der Waals surface area contributed by atoms with Gasteiger partial charge in [-0.15, -0.1) is 11.3 Å². The van der Waals surface area contributed by atoms with Crippen LogP contribution in [0.4, 0.5) is 0 Å². The molecule has 5 rings (SSSR count). The molecular weight excluding hydrogens is 462 g/mol. The van der Waals surface area contributed by atoms with Crippen molar-refractivity contribution in [2.24, 2.45) is 23.2 Å². The minimum Gasteiger partial charge on any atom is -0.469 e. The molecule has 3 saturated carbocycles. The van der Waals surface area contributed by atoms with E-state index in [0.29, 0.717) is 35.5 Å². The first-order valence-corrected chi connectivity index (χ1v) is 13.3. The van der Waals surface area contributed by atoms with Gasteiger partial charge in [0.2, 0.25) is 0 Å². The van der Waals surface area contributed by atoms with Crippen molar-refractivity contribution in [1.29, 1.82) is 0 Å². The van der Waals surface area contributed by atoms with Crippen LogP contribution in [0.2, 0.25) is 0 Å². The topological polar surface area (TPSA) is 81.7 Å². The highest BCUT2D eigenvalue weighted by atomic mass is 32.1. The number of nitrogens with one attached hydrogen (secondary N) is 1. The first-order valence-electron chi connectivity index (χ1n) is 12.4. The summed E-state index contributed by atoms with van der Waals surface area (Å²) in [5.41, 5.74) is 0.869. The first kappa shape index (κ1) is 25.4. The highest BCUT2D eigenvalue weighted by Crippen LogP contribution is 2.61. The number of unbranched alkanes of at least 4 members (excludes halogenated alkanes) is 1. The molecule has 4 unspecified atom stereocenters. The third-order valence-electron chi connectivity index (χ3n) is 8.01. The minimum atomic E-state index is -0.379. The predicted molar refractivity (Wildman–Crippen MR) is 137 cm³/mol. The van der Waals surface area contributed by atoms with Gasteiger partial charge in [-0.3, -0.25) is 14.4 Å². The number of esters is 2. The molecule has 1 N–H and O–H groups in total. The second kappa shape index (κ2) is 10.5. The number of thiophene rings is 1. The van der Waals surface area contributed by atoms with E-state index >= 15 is 0 Å². The van der Waals surface area contributed by atoms with Crippen molar-refractivity contribution in [3.63, 3.8) is 0 Å². The number of methoxy groups -OCH3 is 1. The molecule has 1 amide bonds. The Morgan fingerprint density at radius 2 is 2.00 bits per heavy atom. The van der Waals surface area contributed by atoms with Crippen LogP contribution in [0.1, 0.15) is 69.7 Å². The van der Waals surface area contributed by atoms with Gasteiger partial charge in [0.05, 0.1) is 12.7 Å². The molecule has 7 heteroatoms. The Kier molecular flexibility index (Phi) is 7.64. The van der Waals surface area contributed by atoms with Crippen molar-refractivity contribution in [2.45, 2.75) is 65.3 Å². The summed E-state index contributed by atoms with van der Waals surface area (Å²) in [5.74, 6) is 1.40. The third kappa shape index (κ3) is 5.45. The van der Waals surface area contributed by atoms with Crippen molar-refractivity contribution < 1.29 is 23.9 Å². The van der Waals surface area contributed by atoms with Gasteiger partial charge >= 0.3 is 11.9 Å². The zero-order chi connectivity index (χ0) is 25.2. The van der Waals surface area contributed by atoms with E-state index in [9.17, 15) is 14.4 Å². The lowest BCUT2D eigenvalue weighted by molar-refractivity contribution is -0.140. The van der Waals surface area contributed by atoms with Gasteiger partial charge < -0.3 is 14.8 Å². The highest BCUT2D eigenvalue weighted by molar-refractivity contribution is 7.17. The number of ether oxygens (including phenoxy) is 2. The summed E-state index contributed by atoms with van der Waals surface area (Å²) in [7, 11) is 1.42. The Morgan fingerprint density at radius 1 is 1.20 bits per heavy atom. The molecule has 4 atom stereocenters. The number of amides is 1. The summed E-state index contributed by atoms with van der Waals surface area (Å²) >= 11 is 1.52. The summed E-state index contributed by atoms with van der Waals surface area (Å²) in [4.78, 5) is 36.1. The minimum absolute atomic E-state index is 0.0607. The van der Waals surface area contributed by atoms with Crippen LogP contribution in [0.15, 0.2) is 35.7 Å². The molecule has 2 aromatic rings. The van der Waals surface area contributed by atoms with Gasteiger partial charge in [0.25, 0.3) is 5.91 Å². The van der Waals surface area contributed by atoms with Crippen LogP contribution >= 0.6 is 11.3 Å². The number of fused-ring (bicyclic) bond motifs is 3. The molecule has 188 valence electrons. The summed E-state index contributed by atoms with van der Waals surface area (Å²) in [6, 6.07) is 5.55. The molecule has 1 aromatic carbocycles. The summed E-state index contributed by atoms with van der Waals surface area (Å²) in [6.45, 7) is 6.03. The van der Waals surface area contributed by atoms with Crippen LogP contribution in [0.5, 0.6) is 5.75 Å². The number of hydrogen-bond donors (Lipinski definition) is 1. The molecule has 1 heterocycles. The molecule has 6 nitrogen and oxygen atoms in total. The fourth-order valence-electron chi connectivity index (χ4n) is 5.87. The normalized spacial score (nSPS) is 24.7. The average Bonchev–Trinajstić information content (AvgIpc) is 3.24.